The molecule has 1 fully saturated rings. The van der Waals surface area contributed by atoms with Gasteiger partial charge < -0.3 is 15.0 Å². The van der Waals surface area contributed by atoms with Crippen molar-refractivity contribution < 1.29 is 9.53 Å². The molecule has 1 unspecified atom stereocenters. The van der Waals surface area contributed by atoms with E-state index in [4.69, 9.17) is 4.74 Å². The number of hydrogen-bond donors (Lipinski definition) is 1. The number of carbonyl (C=O) groups excluding carboxylic acids is 1. The highest BCUT2D eigenvalue weighted by Gasteiger charge is 2.30. The number of piperazine rings is 1. The molecular formula is C18H25Cl2N3O2S. The fraction of sp³-hybridized carbons (Fsp3) is 0.444. The van der Waals surface area contributed by atoms with Crippen molar-refractivity contribution in [1.29, 1.82) is 0 Å². The van der Waals surface area contributed by atoms with Crippen LogP contribution in [0.4, 0.5) is 0 Å². The molecule has 1 N–H and O–H groups in total. The van der Waals surface area contributed by atoms with Gasteiger partial charge in [-0.15, -0.1) is 36.2 Å². The zero-order valence-corrected chi connectivity index (χ0v) is 17.4. The van der Waals surface area contributed by atoms with E-state index in [0.717, 1.165) is 41.5 Å². The van der Waals surface area contributed by atoms with Crippen molar-refractivity contribution in [3.8, 4) is 5.75 Å². The van der Waals surface area contributed by atoms with Crippen LogP contribution in [0.5, 0.6) is 5.75 Å². The molecular weight excluding hydrogens is 393 g/mol. The van der Waals surface area contributed by atoms with Gasteiger partial charge >= 0.3 is 0 Å². The first-order chi connectivity index (χ1) is 11.7. The van der Waals surface area contributed by atoms with E-state index in [1.54, 1.807) is 18.4 Å². The zero-order chi connectivity index (χ0) is 16.9. The van der Waals surface area contributed by atoms with Crippen molar-refractivity contribution in [2.24, 2.45) is 0 Å². The molecule has 8 heteroatoms. The number of rotatable bonds is 5. The largest absolute Gasteiger partial charge is 0.496 e. The molecule has 1 saturated heterocycles. The zero-order valence-electron chi connectivity index (χ0n) is 14.9. The van der Waals surface area contributed by atoms with E-state index in [9.17, 15) is 4.79 Å². The van der Waals surface area contributed by atoms with Crippen LogP contribution in [0.1, 0.15) is 29.2 Å². The summed E-state index contributed by atoms with van der Waals surface area (Å²) in [4.78, 5) is 19.4. The Morgan fingerprint density at radius 2 is 2.15 bits per heavy atom. The molecule has 1 aliphatic heterocycles. The van der Waals surface area contributed by atoms with Crippen LogP contribution in [0.2, 0.25) is 0 Å². The molecule has 0 saturated carbocycles. The molecule has 1 aromatic carbocycles. The monoisotopic (exact) mass is 417 g/mol. The summed E-state index contributed by atoms with van der Waals surface area (Å²) in [5.41, 5.74) is 1.92. The minimum Gasteiger partial charge on any atom is -0.496 e. The summed E-state index contributed by atoms with van der Waals surface area (Å²) in [5, 5.41) is 6.46. The lowest BCUT2D eigenvalue weighted by atomic mass is 10.0. The quantitative estimate of drug-likeness (QED) is 0.810. The molecule has 0 spiro atoms. The third kappa shape index (κ3) is 5.10. The number of carbonyl (C=O) groups is 1. The maximum Gasteiger partial charge on any atom is 0.229 e. The van der Waals surface area contributed by atoms with Crippen LogP contribution in [0.15, 0.2) is 29.6 Å². The summed E-state index contributed by atoms with van der Waals surface area (Å²) in [6, 6.07) is 7.91. The molecule has 0 aliphatic carbocycles. The molecule has 26 heavy (non-hydrogen) atoms. The van der Waals surface area contributed by atoms with E-state index in [1.165, 1.54) is 0 Å². The molecule has 2 heterocycles. The maximum atomic E-state index is 12.9. The second-order valence-corrected chi connectivity index (χ2v) is 6.75. The smallest absolute Gasteiger partial charge is 0.229 e. The Morgan fingerprint density at radius 1 is 1.38 bits per heavy atom. The van der Waals surface area contributed by atoms with Crippen LogP contribution in [0, 0.1) is 0 Å². The number of nitrogens with zero attached hydrogens (tertiary/aromatic N) is 2. The van der Waals surface area contributed by atoms with Gasteiger partial charge in [0.25, 0.3) is 0 Å². The van der Waals surface area contributed by atoms with Gasteiger partial charge in [-0.3, -0.25) is 4.79 Å². The van der Waals surface area contributed by atoms with Crippen molar-refractivity contribution in [3.05, 3.63) is 45.9 Å². The molecule has 1 aromatic heterocycles. The lowest BCUT2D eigenvalue weighted by Gasteiger charge is -2.37. The van der Waals surface area contributed by atoms with Crippen LogP contribution in [-0.4, -0.2) is 42.5 Å². The van der Waals surface area contributed by atoms with E-state index in [2.05, 4.69) is 17.2 Å². The summed E-state index contributed by atoms with van der Waals surface area (Å²) in [7, 11) is 1.67. The van der Waals surface area contributed by atoms with Crippen molar-refractivity contribution in [2.45, 2.75) is 25.8 Å². The van der Waals surface area contributed by atoms with Crippen LogP contribution in [-0.2, 0) is 17.6 Å². The van der Waals surface area contributed by atoms with Crippen molar-refractivity contribution in [3.63, 3.8) is 0 Å². The van der Waals surface area contributed by atoms with Gasteiger partial charge in [0.05, 0.1) is 30.3 Å². The third-order valence-electron chi connectivity index (χ3n) is 4.30. The number of para-hydroxylation sites is 1. The number of benzene rings is 1. The molecule has 1 amide bonds. The number of ether oxygens (including phenoxy) is 1. The van der Waals surface area contributed by atoms with E-state index in [-0.39, 0.29) is 36.8 Å². The van der Waals surface area contributed by atoms with Crippen molar-refractivity contribution >= 4 is 42.1 Å². The van der Waals surface area contributed by atoms with Crippen LogP contribution >= 0.6 is 36.2 Å². The summed E-state index contributed by atoms with van der Waals surface area (Å²) in [6.07, 6.45) is 1.28. The number of nitrogens with one attached hydrogen (secondary N) is 1. The summed E-state index contributed by atoms with van der Waals surface area (Å²) in [5.74, 6) is 0.950. The van der Waals surface area contributed by atoms with Crippen LogP contribution in [0.3, 0.4) is 0 Å². The number of hydrogen-bond acceptors (Lipinski definition) is 5. The topological polar surface area (TPSA) is 54.5 Å². The van der Waals surface area contributed by atoms with E-state index in [0.29, 0.717) is 13.0 Å². The Balaban J connectivity index is 0.00000169. The maximum absolute atomic E-state index is 12.9. The first-order valence-corrected chi connectivity index (χ1v) is 9.17. The highest BCUT2D eigenvalue weighted by molar-refractivity contribution is 7.09. The van der Waals surface area contributed by atoms with Crippen LogP contribution in [0.25, 0.3) is 0 Å². The predicted octanol–water partition coefficient (Wildman–Crippen LogP) is 3.27. The molecule has 5 nitrogen and oxygen atoms in total. The molecule has 1 aliphatic rings. The van der Waals surface area contributed by atoms with Gasteiger partial charge in [-0.05, 0) is 12.5 Å². The first kappa shape index (κ1) is 22.7. The minimum absolute atomic E-state index is 0. The Bertz CT molecular complexity index is 711. The van der Waals surface area contributed by atoms with E-state index >= 15 is 0 Å². The van der Waals surface area contributed by atoms with Gasteiger partial charge in [0, 0.05) is 30.6 Å². The van der Waals surface area contributed by atoms with E-state index < -0.39 is 0 Å². The van der Waals surface area contributed by atoms with Gasteiger partial charge in [0.15, 0.2) is 0 Å². The number of halogens is 2. The van der Waals surface area contributed by atoms with Gasteiger partial charge in [-0.1, -0.05) is 25.1 Å². The van der Waals surface area contributed by atoms with Crippen molar-refractivity contribution in [1.82, 2.24) is 15.2 Å². The Morgan fingerprint density at radius 3 is 2.85 bits per heavy atom. The predicted molar refractivity (Wildman–Crippen MR) is 110 cm³/mol. The summed E-state index contributed by atoms with van der Waals surface area (Å²) >= 11 is 1.63. The molecule has 1 atom stereocenters. The second-order valence-electron chi connectivity index (χ2n) is 5.81. The molecule has 144 valence electrons. The minimum atomic E-state index is -0.00770. The van der Waals surface area contributed by atoms with Crippen molar-refractivity contribution in [2.75, 3.05) is 26.7 Å². The Kier molecular flexibility index (Phi) is 9.36. The SMILES string of the molecule is CCc1nc(CC(=O)N2CCNCC2c2ccccc2OC)cs1.Cl.Cl. The third-order valence-corrected chi connectivity index (χ3v) is 5.34. The Hall–Kier alpha value is -1.34. The average molecular weight is 418 g/mol. The lowest BCUT2D eigenvalue weighted by Crippen LogP contribution is -2.49. The lowest BCUT2D eigenvalue weighted by molar-refractivity contribution is -0.133. The highest BCUT2D eigenvalue weighted by Crippen LogP contribution is 2.30. The number of amides is 1. The number of thiazole rings is 1. The fourth-order valence-corrected chi connectivity index (χ4v) is 3.82. The normalized spacial score (nSPS) is 16.4. The van der Waals surface area contributed by atoms with Gasteiger partial charge in [-0.2, -0.15) is 0 Å². The van der Waals surface area contributed by atoms with Gasteiger partial charge in [0.2, 0.25) is 5.91 Å². The highest BCUT2D eigenvalue weighted by atomic mass is 35.5. The fourth-order valence-electron chi connectivity index (χ4n) is 3.07. The molecule has 2 aromatic rings. The van der Waals surface area contributed by atoms with Crippen LogP contribution < -0.4 is 10.1 Å². The van der Waals surface area contributed by atoms with Gasteiger partial charge in [-0.25, -0.2) is 4.98 Å². The number of aromatic nitrogens is 1. The standard InChI is InChI=1S/C18H23N3O2S.2ClH/c1-3-17-20-13(12-24-17)10-18(22)21-9-8-19-11-15(21)14-6-4-5-7-16(14)23-2;;/h4-7,12,15,19H,3,8-11H2,1-2H3;2*1H. The first-order valence-electron chi connectivity index (χ1n) is 8.29. The average Bonchev–Trinajstić information content (AvgIpc) is 3.09. The molecule has 3 rings (SSSR count). The molecule has 0 radical (unpaired) electrons. The van der Waals surface area contributed by atoms with Gasteiger partial charge in [0.1, 0.15) is 5.75 Å². The number of aryl methyl sites for hydroxylation is 1. The Labute approximate surface area is 171 Å². The van der Waals surface area contributed by atoms with E-state index in [1.807, 2.05) is 34.5 Å². The number of methoxy groups -OCH3 is 1. The summed E-state index contributed by atoms with van der Waals surface area (Å²) < 4.78 is 5.49. The summed E-state index contributed by atoms with van der Waals surface area (Å²) in [6.45, 7) is 4.34. The molecule has 0 bridgehead atoms. The second kappa shape index (κ2) is 10.7.